The minimum atomic E-state index is -0.633. The molecule has 0 aliphatic rings. The lowest BCUT2D eigenvalue weighted by atomic mass is 10.2. The van der Waals surface area contributed by atoms with Gasteiger partial charge in [0, 0.05) is 19.8 Å². The topological polar surface area (TPSA) is 84.6 Å². The lowest BCUT2D eigenvalue weighted by molar-refractivity contribution is -0.124. The minimum absolute atomic E-state index is 0.0552. The van der Waals surface area contributed by atoms with Crippen LogP contribution < -0.4 is 11.1 Å². The summed E-state index contributed by atoms with van der Waals surface area (Å²) >= 11 is 0. The van der Waals surface area contributed by atoms with Gasteiger partial charge in [0.05, 0.1) is 6.61 Å². The van der Waals surface area contributed by atoms with E-state index in [0.717, 1.165) is 0 Å². The summed E-state index contributed by atoms with van der Waals surface area (Å²) < 4.78 is 4.73. The second-order valence-corrected chi connectivity index (χ2v) is 2.98. The second-order valence-electron chi connectivity index (χ2n) is 2.98. The molecule has 1 amide bonds. The van der Waals surface area contributed by atoms with Crippen molar-refractivity contribution >= 4 is 5.91 Å². The van der Waals surface area contributed by atoms with E-state index in [2.05, 4.69) is 5.32 Å². The number of hydrogen-bond donors (Lipinski definition) is 3. The Kier molecular flexibility index (Phi) is 6.48. The Morgan fingerprint density at radius 3 is 2.77 bits per heavy atom. The highest BCUT2D eigenvalue weighted by molar-refractivity contribution is 5.81. The van der Waals surface area contributed by atoms with Crippen molar-refractivity contribution in [1.29, 1.82) is 0 Å². The summed E-state index contributed by atoms with van der Waals surface area (Å²) in [6.07, 6.45) is 0.533. The summed E-state index contributed by atoms with van der Waals surface area (Å²) in [6, 6.07) is -0.688. The highest BCUT2D eigenvalue weighted by Gasteiger charge is 2.14. The molecule has 0 saturated carbocycles. The van der Waals surface area contributed by atoms with Gasteiger partial charge in [-0.2, -0.15) is 0 Å². The molecule has 0 saturated heterocycles. The van der Waals surface area contributed by atoms with Crippen molar-refractivity contribution in [2.45, 2.75) is 25.4 Å². The van der Waals surface area contributed by atoms with E-state index in [1.807, 2.05) is 6.92 Å². The summed E-state index contributed by atoms with van der Waals surface area (Å²) in [6.45, 7) is 2.08. The molecule has 4 N–H and O–H groups in total. The molecule has 0 heterocycles. The lowest BCUT2D eigenvalue weighted by Crippen LogP contribution is -2.46. The first-order valence-electron chi connectivity index (χ1n) is 4.27. The van der Waals surface area contributed by atoms with Crippen molar-refractivity contribution in [2.75, 3.05) is 20.3 Å². The van der Waals surface area contributed by atoms with E-state index in [0.29, 0.717) is 6.42 Å². The third kappa shape index (κ3) is 5.57. The number of carbonyl (C=O) groups is 1. The number of rotatable bonds is 6. The van der Waals surface area contributed by atoms with Crippen molar-refractivity contribution in [1.82, 2.24) is 5.32 Å². The summed E-state index contributed by atoms with van der Waals surface area (Å²) in [5.74, 6) is -0.247. The lowest BCUT2D eigenvalue weighted by Gasteiger charge is -2.15. The molecule has 0 rings (SSSR count). The van der Waals surface area contributed by atoms with E-state index in [1.165, 1.54) is 7.11 Å². The van der Waals surface area contributed by atoms with Crippen LogP contribution >= 0.6 is 0 Å². The number of carbonyl (C=O) groups excluding carboxylic acids is 1. The number of aliphatic hydroxyl groups is 1. The fourth-order valence-electron chi connectivity index (χ4n) is 0.871. The van der Waals surface area contributed by atoms with Gasteiger partial charge < -0.3 is 20.9 Å². The highest BCUT2D eigenvalue weighted by atomic mass is 16.5. The predicted molar refractivity (Wildman–Crippen MR) is 49.2 cm³/mol. The zero-order valence-corrected chi connectivity index (χ0v) is 8.12. The first-order valence-corrected chi connectivity index (χ1v) is 4.27. The molecule has 0 radical (unpaired) electrons. The minimum Gasteiger partial charge on any atom is -0.396 e. The van der Waals surface area contributed by atoms with Crippen molar-refractivity contribution in [2.24, 2.45) is 5.73 Å². The number of nitrogens with two attached hydrogens (primary N) is 1. The fourth-order valence-corrected chi connectivity index (χ4v) is 0.871. The van der Waals surface area contributed by atoms with Gasteiger partial charge >= 0.3 is 0 Å². The van der Waals surface area contributed by atoms with Crippen LogP contribution in [-0.2, 0) is 9.53 Å². The molecule has 0 spiro atoms. The van der Waals surface area contributed by atoms with Crippen LogP contribution in [0, 0.1) is 0 Å². The number of nitrogens with one attached hydrogen (secondary N) is 1. The van der Waals surface area contributed by atoms with Gasteiger partial charge in [0.1, 0.15) is 6.04 Å². The van der Waals surface area contributed by atoms with Crippen molar-refractivity contribution in [3.05, 3.63) is 0 Å². The molecular weight excluding hydrogens is 172 g/mol. The Balaban J connectivity index is 3.71. The SMILES string of the molecule is COCC(N)C(=O)NC(C)CCO. The summed E-state index contributed by atoms with van der Waals surface area (Å²) in [5.41, 5.74) is 5.47. The quantitative estimate of drug-likeness (QED) is 0.493. The Bertz CT molecular complexity index is 152. The predicted octanol–water partition coefficient (Wildman–Crippen LogP) is -1.15. The molecule has 5 nitrogen and oxygen atoms in total. The van der Waals surface area contributed by atoms with Crippen LogP contribution in [0.5, 0.6) is 0 Å². The molecule has 0 aromatic heterocycles. The molecule has 2 atom stereocenters. The van der Waals surface area contributed by atoms with Gasteiger partial charge in [-0.05, 0) is 13.3 Å². The van der Waals surface area contributed by atoms with Crippen LogP contribution in [0.25, 0.3) is 0 Å². The number of methoxy groups -OCH3 is 1. The van der Waals surface area contributed by atoms with Gasteiger partial charge in [-0.15, -0.1) is 0 Å². The third-order valence-electron chi connectivity index (χ3n) is 1.63. The molecule has 13 heavy (non-hydrogen) atoms. The molecule has 5 heteroatoms. The highest BCUT2D eigenvalue weighted by Crippen LogP contribution is 1.90. The van der Waals surface area contributed by atoms with Crippen LogP contribution in [0.1, 0.15) is 13.3 Å². The summed E-state index contributed by atoms with van der Waals surface area (Å²) in [5, 5.41) is 11.2. The zero-order chi connectivity index (χ0) is 10.3. The molecular formula is C8H18N2O3. The van der Waals surface area contributed by atoms with Crippen molar-refractivity contribution < 1.29 is 14.6 Å². The maximum Gasteiger partial charge on any atom is 0.239 e. The largest absolute Gasteiger partial charge is 0.396 e. The summed E-state index contributed by atoms with van der Waals surface area (Å²) in [4.78, 5) is 11.2. The van der Waals surface area contributed by atoms with E-state index in [-0.39, 0.29) is 25.2 Å². The van der Waals surface area contributed by atoms with Crippen molar-refractivity contribution in [3.8, 4) is 0 Å². The van der Waals surface area contributed by atoms with Gasteiger partial charge in [0.15, 0.2) is 0 Å². The van der Waals surface area contributed by atoms with E-state index in [1.54, 1.807) is 0 Å². The average molecular weight is 190 g/mol. The van der Waals surface area contributed by atoms with Gasteiger partial charge in [0.25, 0.3) is 0 Å². The molecule has 78 valence electrons. The monoisotopic (exact) mass is 190 g/mol. The van der Waals surface area contributed by atoms with E-state index in [9.17, 15) is 4.79 Å². The second kappa shape index (κ2) is 6.82. The maximum absolute atomic E-state index is 11.2. The van der Waals surface area contributed by atoms with E-state index < -0.39 is 6.04 Å². The average Bonchev–Trinajstić information content (AvgIpc) is 2.05. The molecule has 0 fully saturated rings. The summed E-state index contributed by atoms with van der Waals surface area (Å²) in [7, 11) is 1.49. The standard InChI is InChI=1S/C8H18N2O3/c1-6(3-4-11)10-8(12)7(9)5-13-2/h6-7,11H,3-5,9H2,1-2H3,(H,10,12). The Labute approximate surface area is 78.3 Å². The normalized spacial score (nSPS) is 15.1. The number of amides is 1. The van der Waals surface area contributed by atoms with Crippen LogP contribution in [0.3, 0.4) is 0 Å². The molecule has 2 unspecified atom stereocenters. The Morgan fingerprint density at radius 2 is 2.31 bits per heavy atom. The first-order chi connectivity index (χ1) is 6.11. The number of ether oxygens (including phenoxy) is 1. The fraction of sp³-hybridized carbons (Fsp3) is 0.875. The van der Waals surface area contributed by atoms with Gasteiger partial charge in [0.2, 0.25) is 5.91 Å². The maximum atomic E-state index is 11.2. The zero-order valence-electron chi connectivity index (χ0n) is 8.12. The Hall–Kier alpha value is -0.650. The molecule has 0 bridgehead atoms. The molecule has 0 aromatic carbocycles. The van der Waals surface area contributed by atoms with Gasteiger partial charge in [-0.25, -0.2) is 0 Å². The molecule has 0 aliphatic heterocycles. The van der Waals surface area contributed by atoms with E-state index >= 15 is 0 Å². The Morgan fingerprint density at radius 1 is 1.69 bits per heavy atom. The first kappa shape index (κ1) is 12.3. The number of aliphatic hydroxyl groups excluding tert-OH is 1. The van der Waals surface area contributed by atoms with Gasteiger partial charge in [-0.1, -0.05) is 0 Å². The molecule has 0 aromatic rings. The number of hydrogen-bond acceptors (Lipinski definition) is 4. The van der Waals surface area contributed by atoms with Crippen LogP contribution in [0.2, 0.25) is 0 Å². The van der Waals surface area contributed by atoms with Crippen LogP contribution in [-0.4, -0.2) is 43.4 Å². The van der Waals surface area contributed by atoms with Crippen LogP contribution in [0.15, 0.2) is 0 Å². The van der Waals surface area contributed by atoms with Crippen LogP contribution in [0.4, 0.5) is 0 Å². The van der Waals surface area contributed by atoms with E-state index in [4.69, 9.17) is 15.6 Å². The molecule has 0 aliphatic carbocycles. The third-order valence-corrected chi connectivity index (χ3v) is 1.63. The van der Waals surface area contributed by atoms with Crippen molar-refractivity contribution in [3.63, 3.8) is 0 Å². The van der Waals surface area contributed by atoms with Gasteiger partial charge in [-0.3, -0.25) is 4.79 Å². The smallest absolute Gasteiger partial charge is 0.239 e.